The Morgan fingerprint density at radius 1 is 1.21 bits per heavy atom. The second-order valence-corrected chi connectivity index (χ2v) is 6.77. The van der Waals surface area contributed by atoms with E-state index in [-0.39, 0.29) is 19.4 Å². The van der Waals surface area contributed by atoms with Gasteiger partial charge in [-0.05, 0) is 43.9 Å². The number of hydrogen-bond acceptors (Lipinski definition) is 5. The zero-order valence-electron chi connectivity index (χ0n) is 16.5. The largest absolute Gasteiger partial charge is 0.497 e. The molecule has 1 heterocycles. The van der Waals surface area contributed by atoms with Crippen LogP contribution in [-0.4, -0.2) is 55.0 Å². The number of benzene rings is 1. The van der Waals surface area contributed by atoms with Gasteiger partial charge in [-0.1, -0.05) is 18.2 Å². The van der Waals surface area contributed by atoms with Gasteiger partial charge in [-0.25, -0.2) is 4.79 Å². The predicted molar refractivity (Wildman–Crippen MR) is 105 cm³/mol. The van der Waals surface area contributed by atoms with Crippen molar-refractivity contribution in [3.63, 3.8) is 0 Å². The molecule has 1 aliphatic rings. The fraction of sp³-hybridized carbons (Fsp3) is 0.476. The van der Waals surface area contributed by atoms with Crippen molar-refractivity contribution in [1.82, 2.24) is 10.2 Å². The highest BCUT2D eigenvalue weighted by molar-refractivity contribution is 6.35. The number of nitrogens with zero attached hydrogens (tertiary/aromatic N) is 1. The molecule has 1 N–H and O–H groups in total. The molecule has 0 saturated carbocycles. The summed E-state index contributed by atoms with van der Waals surface area (Å²) in [5.41, 5.74) is -0.608. The summed E-state index contributed by atoms with van der Waals surface area (Å²) in [6, 6.07) is 7.17. The second-order valence-electron chi connectivity index (χ2n) is 6.77. The van der Waals surface area contributed by atoms with Gasteiger partial charge in [0.05, 0.1) is 13.7 Å². The number of hydrogen-bond donors (Lipinski definition) is 1. The SMILES string of the molecule is C=CCC(Cc1ccc(OC)cc1)(NC(=O)C(=O)N1CCCC1)C(=O)OCC. The van der Waals surface area contributed by atoms with E-state index in [4.69, 9.17) is 9.47 Å². The van der Waals surface area contributed by atoms with Crippen LogP contribution in [0.5, 0.6) is 5.75 Å². The summed E-state index contributed by atoms with van der Waals surface area (Å²) in [5.74, 6) is -1.33. The Morgan fingerprint density at radius 2 is 1.86 bits per heavy atom. The molecule has 7 nitrogen and oxygen atoms in total. The highest BCUT2D eigenvalue weighted by Crippen LogP contribution is 2.23. The molecule has 2 rings (SSSR count). The van der Waals surface area contributed by atoms with Gasteiger partial charge in [0.2, 0.25) is 0 Å². The molecule has 1 atom stereocenters. The molecule has 0 aliphatic carbocycles. The summed E-state index contributed by atoms with van der Waals surface area (Å²) in [4.78, 5) is 39.5. The number of ether oxygens (including phenoxy) is 2. The number of amides is 2. The Balaban J connectivity index is 2.29. The van der Waals surface area contributed by atoms with Crippen molar-refractivity contribution >= 4 is 17.8 Å². The molecule has 1 fully saturated rings. The van der Waals surface area contributed by atoms with Crippen LogP contribution in [0, 0.1) is 0 Å². The van der Waals surface area contributed by atoms with Crippen LogP contribution in [0.15, 0.2) is 36.9 Å². The topological polar surface area (TPSA) is 84.9 Å². The minimum Gasteiger partial charge on any atom is -0.497 e. The van der Waals surface area contributed by atoms with Gasteiger partial charge in [0.15, 0.2) is 0 Å². The first-order valence-electron chi connectivity index (χ1n) is 9.48. The van der Waals surface area contributed by atoms with Crippen LogP contribution in [0.2, 0.25) is 0 Å². The zero-order chi connectivity index (χ0) is 20.6. The molecule has 1 unspecified atom stereocenters. The third-order valence-electron chi connectivity index (χ3n) is 4.76. The van der Waals surface area contributed by atoms with E-state index in [1.54, 1.807) is 32.2 Å². The summed E-state index contributed by atoms with van der Waals surface area (Å²) >= 11 is 0. The summed E-state index contributed by atoms with van der Waals surface area (Å²) in [6.07, 6.45) is 3.60. The van der Waals surface area contributed by atoms with Crippen molar-refractivity contribution in [2.75, 3.05) is 26.8 Å². The molecule has 1 aromatic carbocycles. The number of carbonyl (C=O) groups excluding carboxylic acids is 3. The van der Waals surface area contributed by atoms with Crippen molar-refractivity contribution < 1.29 is 23.9 Å². The lowest BCUT2D eigenvalue weighted by molar-refractivity contribution is -0.155. The highest BCUT2D eigenvalue weighted by atomic mass is 16.5. The average molecular weight is 388 g/mol. The number of carbonyl (C=O) groups is 3. The third kappa shape index (κ3) is 5.12. The van der Waals surface area contributed by atoms with Crippen molar-refractivity contribution in [2.45, 2.75) is 38.1 Å². The van der Waals surface area contributed by atoms with Crippen LogP contribution in [0.25, 0.3) is 0 Å². The van der Waals surface area contributed by atoms with Gasteiger partial charge < -0.3 is 19.7 Å². The maximum absolute atomic E-state index is 12.8. The van der Waals surface area contributed by atoms with Crippen LogP contribution in [0.1, 0.15) is 31.7 Å². The van der Waals surface area contributed by atoms with Crippen molar-refractivity contribution in [2.24, 2.45) is 0 Å². The first kappa shape index (κ1) is 21.5. The molecule has 0 aromatic heterocycles. The first-order chi connectivity index (χ1) is 13.5. The molecule has 28 heavy (non-hydrogen) atoms. The molecule has 0 radical (unpaired) electrons. The fourth-order valence-electron chi connectivity index (χ4n) is 3.32. The van der Waals surface area contributed by atoms with Gasteiger partial charge in [-0.15, -0.1) is 6.58 Å². The Morgan fingerprint density at radius 3 is 2.39 bits per heavy atom. The molecular weight excluding hydrogens is 360 g/mol. The minimum atomic E-state index is -1.40. The van der Waals surface area contributed by atoms with E-state index in [9.17, 15) is 14.4 Å². The quantitative estimate of drug-likeness (QED) is 0.417. The Hall–Kier alpha value is -2.83. The molecule has 1 aromatic rings. The van der Waals surface area contributed by atoms with Gasteiger partial charge in [0.25, 0.3) is 0 Å². The van der Waals surface area contributed by atoms with E-state index in [0.717, 1.165) is 18.4 Å². The number of esters is 1. The Labute approximate surface area is 165 Å². The van der Waals surface area contributed by atoms with E-state index in [1.165, 1.54) is 4.90 Å². The summed E-state index contributed by atoms with van der Waals surface area (Å²) in [6.45, 7) is 6.68. The lowest BCUT2D eigenvalue weighted by Gasteiger charge is -2.32. The monoisotopic (exact) mass is 388 g/mol. The molecule has 7 heteroatoms. The van der Waals surface area contributed by atoms with Crippen LogP contribution < -0.4 is 10.1 Å². The van der Waals surface area contributed by atoms with Gasteiger partial charge in [-0.2, -0.15) is 0 Å². The number of methoxy groups -OCH3 is 1. The van der Waals surface area contributed by atoms with Crippen LogP contribution in [0.3, 0.4) is 0 Å². The van der Waals surface area contributed by atoms with Gasteiger partial charge in [-0.3, -0.25) is 9.59 Å². The van der Waals surface area contributed by atoms with E-state index < -0.39 is 23.3 Å². The van der Waals surface area contributed by atoms with E-state index in [2.05, 4.69) is 11.9 Å². The van der Waals surface area contributed by atoms with Gasteiger partial charge >= 0.3 is 17.8 Å². The van der Waals surface area contributed by atoms with Crippen molar-refractivity contribution in [3.05, 3.63) is 42.5 Å². The third-order valence-corrected chi connectivity index (χ3v) is 4.76. The number of nitrogens with one attached hydrogen (secondary N) is 1. The maximum atomic E-state index is 12.8. The average Bonchev–Trinajstić information content (AvgIpc) is 3.23. The highest BCUT2D eigenvalue weighted by Gasteiger charge is 2.42. The number of likely N-dealkylation sites (tertiary alicyclic amines) is 1. The lowest BCUT2D eigenvalue weighted by Crippen LogP contribution is -2.59. The predicted octanol–water partition coefficient (Wildman–Crippen LogP) is 1.85. The van der Waals surface area contributed by atoms with Crippen LogP contribution in [-0.2, 0) is 25.5 Å². The molecule has 0 spiro atoms. The molecule has 2 amide bonds. The van der Waals surface area contributed by atoms with Crippen LogP contribution in [0.4, 0.5) is 0 Å². The maximum Gasteiger partial charge on any atom is 0.332 e. The smallest absolute Gasteiger partial charge is 0.332 e. The number of rotatable bonds is 8. The second kappa shape index (κ2) is 9.92. The van der Waals surface area contributed by atoms with E-state index in [1.807, 2.05) is 12.1 Å². The fourth-order valence-corrected chi connectivity index (χ4v) is 3.32. The molecule has 1 aliphatic heterocycles. The Kier molecular flexibility index (Phi) is 7.61. The normalized spacial score (nSPS) is 15.4. The summed E-state index contributed by atoms with van der Waals surface area (Å²) in [7, 11) is 1.57. The first-order valence-corrected chi connectivity index (χ1v) is 9.48. The molecule has 0 bridgehead atoms. The summed E-state index contributed by atoms with van der Waals surface area (Å²) < 4.78 is 10.4. The molecule has 152 valence electrons. The summed E-state index contributed by atoms with van der Waals surface area (Å²) in [5, 5.41) is 2.66. The minimum absolute atomic E-state index is 0.136. The Bertz CT molecular complexity index is 710. The van der Waals surface area contributed by atoms with Gasteiger partial charge in [0.1, 0.15) is 11.3 Å². The van der Waals surface area contributed by atoms with Crippen molar-refractivity contribution in [1.29, 1.82) is 0 Å². The van der Waals surface area contributed by atoms with E-state index in [0.29, 0.717) is 18.8 Å². The van der Waals surface area contributed by atoms with Crippen LogP contribution >= 0.6 is 0 Å². The van der Waals surface area contributed by atoms with Crippen molar-refractivity contribution in [3.8, 4) is 5.75 Å². The molecule has 1 saturated heterocycles. The standard InChI is InChI=1S/C21H28N2O5/c1-4-12-21(20(26)28-5-2,15-16-8-10-17(27-3)11-9-16)22-18(24)19(25)23-13-6-7-14-23/h4,8-11H,1,5-7,12-15H2,2-3H3,(H,22,24). The molecular formula is C21H28N2O5. The van der Waals surface area contributed by atoms with E-state index >= 15 is 0 Å². The zero-order valence-corrected chi connectivity index (χ0v) is 16.5. The van der Waals surface area contributed by atoms with Gasteiger partial charge in [0, 0.05) is 19.5 Å². The lowest BCUT2D eigenvalue weighted by atomic mass is 9.87.